The first-order valence-electron chi connectivity index (χ1n) is 5.89. The van der Waals surface area contributed by atoms with E-state index in [-0.39, 0.29) is 11.5 Å². The van der Waals surface area contributed by atoms with Crippen LogP contribution >= 0.6 is 23.4 Å². The maximum absolute atomic E-state index is 12.1. The molecule has 0 saturated carbocycles. The summed E-state index contributed by atoms with van der Waals surface area (Å²) in [5.74, 6) is -0.239. The lowest BCUT2D eigenvalue weighted by Gasteiger charge is -2.08. The van der Waals surface area contributed by atoms with E-state index < -0.39 is 0 Å². The number of hydrogen-bond acceptors (Lipinski definition) is 3. The highest BCUT2D eigenvalue weighted by molar-refractivity contribution is 7.98. The Morgan fingerprint density at radius 1 is 1.35 bits per heavy atom. The Balaban J connectivity index is 2.08. The summed E-state index contributed by atoms with van der Waals surface area (Å²) in [6, 6.07) is 8.42. The summed E-state index contributed by atoms with van der Waals surface area (Å²) in [7, 11) is 0. The van der Waals surface area contributed by atoms with Gasteiger partial charge < -0.3 is 10.3 Å². The highest BCUT2D eigenvalue weighted by Crippen LogP contribution is 2.22. The number of nitrogens with one attached hydrogen (secondary N) is 2. The van der Waals surface area contributed by atoms with Crippen LogP contribution in [0.2, 0.25) is 5.02 Å². The molecule has 0 bridgehead atoms. The summed E-state index contributed by atoms with van der Waals surface area (Å²) in [4.78, 5) is 26.6. The van der Waals surface area contributed by atoms with E-state index in [9.17, 15) is 9.59 Å². The highest BCUT2D eigenvalue weighted by Gasteiger charge is 2.10. The molecule has 20 heavy (non-hydrogen) atoms. The Hall–Kier alpha value is -1.72. The number of carbonyl (C=O) groups is 1. The number of rotatable bonds is 4. The second-order valence-corrected chi connectivity index (χ2v) is 5.38. The van der Waals surface area contributed by atoms with Crippen LogP contribution in [0.15, 0.2) is 46.2 Å². The van der Waals surface area contributed by atoms with Gasteiger partial charge in [0, 0.05) is 23.7 Å². The fourth-order valence-corrected chi connectivity index (χ4v) is 2.28. The molecule has 0 saturated heterocycles. The first-order valence-corrected chi connectivity index (χ1v) is 7.50. The fraction of sp³-hybridized carbons (Fsp3) is 0.143. The maximum Gasteiger partial charge on any atom is 0.253 e. The Kier molecular flexibility index (Phi) is 4.87. The van der Waals surface area contributed by atoms with Gasteiger partial charge in [0.1, 0.15) is 0 Å². The molecule has 2 rings (SSSR count). The standard InChI is InChI=1S/C14H13ClN2O2S/c1-20-10-3-4-12(15)11(6-10)14(19)17-8-9-2-5-13(18)16-7-9/h2-7H,8H2,1H3,(H,16,18)(H,17,19). The zero-order valence-corrected chi connectivity index (χ0v) is 12.3. The van der Waals surface area contributed by atoms with Crippen molar-refractivity contribution in [2.75, 3.05) is 6.26 Å². The highest BCUT2D eigenvalue weighted by atomic mass is 35.5. The topological polar surface area (TPSA) is 62.0 Å². The Labute approximate surface area is 125 Å². The molecule has 0 radical (unpaired) electrons. The van der Waals surface area contributed by atoms with E-state index in [2.05, 4.69) is 10.3 Å². The minimum Gasteiger partial charge on any atom is -0.348 e. The summed E-state index contributed by atoms with van der Waals surface area (Å²) in [5.41, 5.74) is 1.09. The molecular formula is C14H13ClN2O2S. The van der Waals surface area contributed by atoms with Gasteiger partial charge in [-0.1, -0.05) is 17.7 Å². The van der Waals surface area contributed by atoms with Gasteiger partial charge in [0.2, 0.25) is 5.56 Å². The largest absolute Gasteiger partial charge is 0.348 e. The van der Waals surface area contributed by atoms with Crippen molar-refractivity contribution in [1.29, 1.82) is 0 Å². The molecule has 0 aliphatic carbocycles. The van der Waals surface area contributed by atoms with Crippen LogP contribution in [0.5, 0.6) is 0 Å². The summed E-state index contributed by atoms with van der Waals surface area (Å²) in [6.07, 6.45) is 3.51. The van der Waals surface area contributed by atoms with Crippen LogP contribution in [0.4, 0.5) is 0 Å². The molecule has 1 amide bonds. The molecule has 0 spiro atoms. The van der Waals surface area contributed by atoms with Crippen molar-refractivity contribution >= 4 is 29.3 Å². The van der Waals surface area contributed by atoms with Crippen molar-refractivity contribution < 1.29 is 4.79 Å². The monoisotopic (exact) mass is 308 g/mol. The lowest BCUT2D eigenvalue weighted by atomic mass is 10.2. The van der Waals surface area contributed by atoms with E-state index in [4.69, 9.17) is 11.6 Å². The van der Waals surface area contributed by atoms with Gasteiger partial charge in [0.15, 0.2) is 0 Å². The molecule has 1 aromatic heterocycles. The van der Waals surface area contributed by atoms with Crippen LogP contribution in [-0.4, -0.2) is 17.1 Å². The van der Waals surface area contributed by atoms with Gasteiger partial charge >= 0.3 is 0 Å². The number of aromatic nitrogens is 1. The van der Waals surface area contributed by atoms with Gasteiger partial charge in [0.25, 0.3) is 5.91 Å². The molecule has 0 aliphatic rings. The zero-order valence-electron chi connectivity index (χ0n) is 10.8. The van der Waals surface area contributed by atoms with Crippen LogP contribution in [0.1, 0.15) is 15.9 Å². The number of thioether (sulfide) groups is 1. The van der Waals surface area contributed by atoms with E-state index in [1.165, 1.54) is 6.07 Å². The Morgan fingerprint density at radius 2 is 2.15 bits per heavy atom. The van der Waals surface area contributed by atoms with Crippen LogP contribution in [0.3, 0.4) is 0 Å². The lowest BCUT2D eigenvalue weighted by Crippen LogP contribution is -2.23. The first-order chi connectivity index (χ1) is 9.60. The fourth-order valence-electron chi connectivity index (χ4n) is 1.64. The van der Waals surface area contributed by atoms with Crippen molar-refractivity contribution in [2.45, 2.75) is 11.4 Å². The molecule has 4 nitrogen and oxygen atoms in total. The molecule has 0 unspecified atom stereocenters. The molecule has 6 heteroatoms. The van der Waals surface area contributed by atoms with Crippen molar-refractivity contribution in [3.63, 3.8) is 0 Å². The van der Waals surface area contributed by atoms with Crippen molar-refractivity contribution in [3.05, 3.63) is 63.0 Å². The molecule has 0 fully saturated rings. The first kappa shape index (κ1) is 14.7. The SMILES string of the molecule is CSc1ccc(Cl)c(C(=O)NCc2ccc(=O)[nH]c2)c1. The number of pyridine rings is 1. The minimum absolute atomic E-state index is 0.171. The molecule has 0 aliphatic heterocycles. The quantitative estimate of drug-likeness (QED) is 0.854. The van der Waals surface area contributed by atoms with Crippen molar-refractivity contribution in [2.24, 2.45) is 0 Å². The predicted molar refractivity (Wildman–Crippen MR) is 81.5 cm³/mol. The molecule has 1 heterocycles. The molecule has 1 aromatic carbocycles. The average molecular weight is 309 g/mol. The normalized spacial score (nSPS) is 10.3. The molecule has 2 aromatic rings. The summed E-state index contributed by atoms with van der Waals surface area (Å²) < 4.78 is 0. The van der Waals surface area contributed by atoms with E-state index in [0.717, 1.165) is 10.5 Å². The number of amides is 1. The number of H-pyrrole nitrogens is 1. The minimum atomic E-state index is -0.239. The van der Waals surface area contributed by atoms with E-state index >= 15 is 0 Å². The second kappa shape index (κ2) is 6.63. The van der Waals surface area contributed by atoms with Crippen LogP contribution in [0, 0.1) is 0 Å². The van der Waals surface area contributed by atoms with Gasteiger partial charge in [-0.05, 0) is 30.0 Å². The van der Waals surface area contributed by atoms with E-state index in [1.807, 2.05) is 12.3 Å². The van der Waals surface area contributed by atoms with Crippen LogP contribution < -0.4 is 10.9 Å². The number of hydrogen-bond donors (Lipinski definition) is 2. The number of carbonyl (C=O) groups excluding carboxylic acids is 1. The van der Waals surface area contributed by atoms with Gasteiger partial charge in [-0.3, -0.25) is 9.59 Å². The predicted octanol–water partition coefficient (Wildman–Crippen LogP) is 2.68. The molecular weight excluding hydrogens is 296 g/mol. The molecule has 104 valence electrons. The zero-order chi connectivity index (χ0) is 14.5. The van der Waals surface area contributed by atoms with Crippen LogP contribution in [0.25, 0.3) is 0 Å². The Morgan fingerprint density at radius 3 is 2.80 bits per heavy atom. The summed E-state index contributed by atoms with van der Waals surface area (Å²) in [6.45, 7) is 0.329. The third-order valence-corrected chi connectivity index (χ3v) is 3.77. The lowest BCUT2D eigenvalue weighted by molar-refractivity contribution is 0.0951. The average Bonchev–Trinajstić information content (AvgIpc) is 2.47. The van der Waals surface area contributed by atoms with Gasteiger partial charge in [-0.2, -0.15) is 0 Å². The maximum atomic E-state index is 12.1. The number of aromatic amines is 1. The molecule has 2 N–H and O–H groups in total. The number of benzene rings is 1. The summed E-state index contributed by atoms with van der Waals surface area (Å²) >= 11 is 7.58. The van der Waals surface area contributed by atoms with E-state index in [0.29, 0.717) is 17.1 Å². The van der Waals surface area contributed by atoms with Crippen molar-refractivity contribution in [3.8, 4) is 0 Å². The summed E-state index contributed by atoms with van der Waals surface area (Å²) in [5, 5.41) is 3.19. The molecule has 0 atom stereocenters. The second-order valence-electron chi connectivity index (χ2n) is 4.09. The van der Waals surface area contributed by atoms with Gasteiger partial charge in [-0.15, -0.1) is 11.8 Å². The number of halogens is 1. The third-order valence-electron chi connectivity index (χ3n) is 2.72. The Bertz CT molecular complexity index is 665. The van der Waals surface area contributed by atoms with Gasteiger partial charge in [0.05, 0.1) is 10.6 Å². The van der Waals surface area contributed by atoms with E-state index in [1.54, 1.807) is 36.2 Å². The smallest absolute Gasteiger partial charge is 0.253 e. The van der Waals surface area contributed by atoms with Gasteiger partial charge in [-0.25, -0.2) is 0 Å². The van der Waals surface area contributed by atoms with Crippen molar-refractivity contribution in [1.82, 2.24) is 10.3 Å². The van der Waals surface area contributed by atoms with Crippen LogP contribution in [-0.2, 0) is 6.54 Å². The third kappa shape index (κ3) is 3.65.